The minimum absolute atomic E-state index is 0.0616. The predicted octanol–water partition coefficient (Wildman–Crippen LogP) is -0.538. The highest BCUT2D eigenvalue weighted by atomic mass is 16.5. The van der Waals surface area contributed by atoms with Crippen molar-refractivity contribution in [3.63, 3.8) is 0 Å². The van der Waals surface area contributed by atoms with Crippen LogP contribution in [0.15, 0.2) is 18.2 Å². The topological polar surface area (TPSA) is 201 Å². The number of nitrogens with two attached hydrogens (primary N) is 1. The molecule has 198 valence electrons. The standard InChI is InChI=1S/C15H24N2O5.C6H12O4.CH4O/c1-20-11-12-2-3-14(18)13(10-12)15(19)17-5-7-22-9-8-21-6-4-16;1-2-4(7)3-5(8)6(9)10;1-2/h2-3,10,18H,4-9,11,16H2,1H3,(H,17,19);4-5,7-8H,2-3H2,1H3,(H,9,10);2H,1H3. The molecule has 0 aliphatic rings. The maximum Gasteiger partial charge on any atom is 0.332 e. The van der Waals surface area contributed by atoms with Crippen LogP contribution < -0.4 is 11.1 Å². The molecule has 0 aliphatic carbocycles. The number of hydrogen-bond acceptors (Lipinski definition) is 10. The molecule has 34 heavy (non-hydrogen) atoms. The van der Waals surface area contributed by atoms with E-state index in [1.54, 1.807) is 26.2 Å². The fraction of sp³-hybridized carbons (Fsp3) is 0.636. The van der Waals surface area contributed by atoms with Gasteiger partial charge in [-0.2, -0.15) is 0 Å². The SMILES string of the molecule is CCC(O)CC(O)C(=O)O.CO.COCc1ccc(O)c(C(=O)NCCOCCOCCN)c1. The summed E-state index contributed by atoms with van der Waals surface area (Å²) in [6.07, 6.45) is -1.78. The Bertz CT molecular complexity index is 661. The average molecular weight is 493 g/mol. The van der Waals surface area contributed by atoms with Crippen LogP contribution in [0.2, 0.25) is 0 Å². The Morgan fingerprint density at radius 1 is 1.09 bits per heavy atom. The van der Waals surface area contributed by atoms with E-state index in [4.69, 9.17) is 40.4 Å². The quantitative estimate of drug-likeness (QED) is 0.155. The van der Waals surface area contributed by atoms with Gasteiger partial charge in [-0.25, -0.2) is 4.79 Å². The zero-order valence-electron chi connectivity index (χ0n) is 20.1. The van der Waals surface area contributed by atoms with Gasteiger partial charge in [0, 0.05) is 33.7 Å². The summed E-state index contributed by atoms with van der Waals surface area (Å²) in [4.78, 5) is 22.0. The molecule has 8 N–H and O–H groups in total. The minimum Gasteiger partial charge on any atom is -0.507 e. The van der Waals surface area contributed by atoms with Gasteiger partial charge in [0.15, 0.2) is 6.10 Å². The number of phenolic OH excluding ortho intramolecular Hbond substituents is 1. The van der Waals surface area contributed by atoms with Crippen LogP contribution in [0, 0.1) is 0 Å². The number of carbonyl (C=O) groups excluding carboxylic acids is 1. The van der Waals surface area contributed by atoms with Crippen molar-refractivity contribution in [2.45, 2.75) is 38.6 Å². The molecular weight excluding hydrogens is 452 g/mol. The molecule has 0 fully saturated rings. The van der Waals surface area contributed by atoms with Gasteiger partial charge in [-0.3, -0.25) is 4.79 Å². The number of ether oxygens (including phenoxy) is 3. The van der Waals surface area contributed by atoms with Crippen LogP contribution in [0.1, 0.15) is 35.7 Å². The molecule has 12 nitrogen and oxygen atoms in total. The van der Waals surface area contributed by atoms with Crippen LogP contribution >= 0.6 is 0 Å². The van der Waals surface area contributed by atoms with Gasteiger partial charge in [0.2, 0.25) is 0 Å². The first-order chi connectivity index (χ1) is 16.3. The highest BCUT2D eigenvalue weighted by Gasteiger charge is 2.16. The van der Waals surface area contributed by atoms with E-state index < -0.39 is 18.2 Å². The van der Waals surface area contributed by atoms with Gasteiger partial charge in [0.25, 0.3) is 5.91 Å². The molecule has 1 rings (SSSR count). The van der Waals surface area contributed by atoms with Gasteiger partial charge in [-0.1, -0.05) is 13.0 Å². The van der Waals surface area contributed by atoms with Gasteiger partial charge < -0.3 is 50.8 Å². The molecule has 0 aliphatic heterocycles. The summed E-state index contributed by atoms with van der Waals surface area (Å²) in [5, 5.41) is 45.1. The lowest BCUT2D eigenvalue weighted by Crippen LogP contribution is -2.28. The van der Waals surface area contributed by atoms with E-state index in [0.29, 0.717) is 52.5 Å². The molecule has 2 unspecified atom stereocenters. The molecule has 0 saturated carbocycles. The van der Waals surface area contributed by atoms with Crippen LogP contribution in [-0.4, -0.2) is 103 Å². The Kier molecular flexibility index (Phi) is 22.4. The molecule has 0 spiro atoms. The number of aromatic hydroxyl groups is 1. The second kappa shape index (κ2) is 22.5. The van der Waals surface area contributed by atoms with Crippen molar-refractivity contribution in [2.75, 3.05) is 53.7 Å². The number of hydrogen-bond donors (Lipinski definition) is 7. The molecule has 0 aromatic heterocycles. The first-order valence-corrected chi connectivity index (χ1v) is 10.7. The van der Waals surface area contributed by atoms with E-state index in [1.807, 2.05) is 0 Å². The van der Waals surface area contributed by atoms with Gasteiger partial charge in [0.1, 0.15) is 5.75 Å². The summed E-state index contributed by atoms with van der Waals surface area (Å²) in [6, 6.07) is 4.80. The summed E-state index contributed by atoms with van der Waals surface area (Å²) >= 11 is 0. The Morgan fingerprint density at radius 2 is 1.71 bits per heavy atom. The Labute approximate surface area is 200 Å². The van der Waals surface area contributed by atoms with E-state index >= 15 is 0 Å². The van der Waals surface area contributed by atoms with Gasteiger partial charge in [-0.05, 0) is 24.1 Å². The van der Waals surface area contributed by atoms with E-state index in [1.165, 1.54) is 6.07 Å². The number of aliphatic hydroxyl groups is 3. The maximum absolute atomic E-state index is 12.0. The summed E-state index contributed by atoms with van der Waals surface area (Å²) in [7, 11) is 2.57. The molecular formula is C22H40N2O10. The highest BCUT2D eigenvalue weighted by Crippen LogP contribution is 2.18. The number of rotatable bonds is 15. The second-order valence-corrected chi connectivity index (χ2v) is 6.71. The summed E-state index contributed by atoms with van der Waals surface area (Å²) in [6.45, 7) is 4.75. The van der Waals surface area contributed by atoms with Gasteiger partial charge in [-0.15, -0.1) is 0 Å². The number of carbonyl (C=O) groups is 2. The number of nitrogens with one attached hydrogen (secondary N) is 1. The summed E-state index contributed by atoms with van der Waals surface area (Å²) in [5.74, 6) is -1.70. The lowest BCUT2D eigenvalue weighted by atomic mass is 10.1. The highest BCUT2D eigenvalue weighted by molar-refractivity contribution is 5.96. The number of carboxylic acids is 1. The smallest absolute Gasteiger partial charge is 0.332 e. The molecule has 0 bridgehead atoms. The second-order valence-electron chi connectivity index (χ2n) is 6.71. The minimum atomic E-state index is -1.44. The number of phenols is 1. The van der Waals surface area contributed by atoms with Crippen molar-refractivity contribution in [3.05, 3.63) is 29.3 Å². The molecule has 2 atom stereocenters. The lowest BCUT2D eigenvalue weighted by molar-refractivity contribution is -0.148. The van der Waals surface area contributed by atoms with E-state index in [9.17, 15) is 14.7 Å². The van der Waals surface area contributed by atoms with Crippen LogP contribution in [0.5, 0.6) is 5.75 Å². The fourth-order valence-corrected chi connectivity index (χ4v) is 2.28. The fourth-order valence-electron chi connectivity index (χ4n) is 2.28. The maximum atomic E-state index is 12.0. The van der Waals surface area contributed by atoms with E-state index in [-0.39, 0.29) is 23.6 Å². The third kappa shape index (κ3) is 17.2. The van der Waals surface area contributed by atoms with E-state index in [0.717, 1.165) is 12.7 Å². The summed E-state index contributed by atoms with van der Waals surface area (Å²) < 4.78 is 15.4. The predicted molar refractivity (Wildman–Crippen MR) is 125 cm³/mol. The van der Waals surface area contributed by atoms with Gasteiger partial charge >= 0.3 is 5.97 Å². The molecule has 1 amide bonds. The average Bonchev–Trinajstić information content (AvgIpc) is 2.83. The zero-order chi connectivity index (χ0) is 26.4. The molecule has 1 aromatic rings. The van der Waals surface area contributed by atoms with Gasteiger partial charge in [0.05, 0.1) is 44.7 Å². The normalized spacial score (nSPS) is 11.9. The van der Waals surface area contributed by atoms with Crippen molar-refractivity contribution >= 4 is 11.9 Å². The Balaban J connectivity index is 0. The number of aliphatic carboxylic acids is 1. The number of methoxy groups -OCH3 is 1. The Morgan fingerprint density at radius 3 is 2.24 bits per heavy atom. The number of carboxylic acid groups (broad SMARTS) is 1. The van der Waals surface area contributed by atoms with Crippen molar-refractivity contribution in [1.29, 1.82) is 0 Å². The third-order valence-corrected chi connectivity index (χ3v) is 4.03. The van der Waals surface area contributed by atoms with Crippen LogP contribution in [-0.2, 0) is 25.6 Å². The van der Waals surface area contributed by atoms with Crippen molar-refractivity contribution in [2.24, 2.45) is 5.73 Å². The van der Waals surface area contributed by atoms with Crippen LogP contribution in [0.25, 0.3) is 0 Å². The largest absolute Gasteiger partial charge is 0.507 e. The van der Waals surface area contributed by atoms with Crippen molar-refractivity contribution < 1.29 is 49.3 Å². The Hall–Kier alpha value is -2.32. The van der Waals surface area contributed by atoms with Crippen molar-refractivity contribution in [3.8, 4) is 5.75 Å². The molecule has 1 aromatic carbocycles. The third-order valence-electron chi connectivity index (χ3n) is 4.03. The van der Waals surface area contributed by atoms with Crippen LogP contribution in [0.3, 0.4) is 0 Å². The first kappa shape index (κ1) is 33.9. The number of benzene rings is 1. The lowest BCUT2D eigenvalue weighted by Gasteiger charge is -2.09. The molecule has 0 heterocycles. The molecule has 0 saturated heterocycles. The first-order valence-electron chi connectivity index (χ1n) is 10.7. The monoisotopic (exact) mass is 492 g/mol. The van der Waals surface area contributed by atoms with E-state index in [2.05, 4.69) is 5.32 Å². The van der Waals surface area contributed by atoms with Crippen LogP contribution in [0.4, 0.5) is 0 Å². The number of amides is 1. The molecule has 0 radical (unpaired) electrons. The summed E-state index contributed by atoms with van der Waals surface area (Å²) in [5.41, 5.74) is 6.32. The molecule has 12 heteroatoms. The zero-order valence-corrected chi connectivity index (χ0v) is 20.1. The van der Waals surface area contributed by atoms with Crippen molar-refractivity contribution in [1.82, 2.24) is 5.32 Å². The number of aliphatic hydroxyl groups excluding tert-OH is 3.